The van der Waals surface area contributed by atoms with Crippen LogP contribution in [0.5, 0.6) is 0 Å². The van der Waals surface area contributed by atoms with E-state index in [2.05, 4.69) is 79.4 Å². The summed E-state index contributed by atoms with van der Waals surface area (Å²) < 4.78 is 56.1. The van der Waals surface area contributed by atoms with E-state index in [1.54, 1.807) is 78.1 Å². The third-order valence-corrected chi connectivity index (χ3v) is 14.3. The second-order valence-electron chi connectivity index (χ2n) is 21.4. The molecule has 0 spiro atoms. The molecule has 109 heavy (non-hydrogen) atoms. The maximum Gasteiger partial charge on any atom is 0.338 e. The van der Waals surface area contributed by atoms with Crippen molar-refractivity contribution in [3.8, 4) is 0 Å². The molecule has 0 saturated carbocycles. The van der Waals surface area contributed by atoms with Gasteiger partial charge in [-0.15, -0.1) is 12.4 Å². The highest BCUT2D eigenvalue weighted by Gasteiger charge is 2.15. The van der Waals surface area contributed by atoms with E-state index in [4.69, 9.17) is 32.3 Å². The number of unbranched alkanes of at least 4 members (excludes halogenated alkanes) is 1. The Kier molecular flexibility index (Phi) is 44.6. The molecular weight excluding hydrogens is 1560 g/mol. The zero-order valence-corrected chi connectivity index (χ0v) is 64.9. The van der Waals surface area contributed by atoms with Crippen LogP contribution >= 0.6 is 35.0 Å². The van der Waals surface area contributed by atoms with Crippen molar-refractivity contribution >= 4 is 96.9 Å². The molecular formula is C70H93ClF2IN21O14. The number of nitrogens with one attached hydrogen (secondary N) is 3. The summed E-state index contributed by atoms with van der Waals surface area (Å²) in [6.07, 6.45) is 23.2. The van der Waals surface area contributed by atoms with E-state index in [-0.39, 0.29) is 57.7 Å². The van der Waals surface area contributed by atoms with E-state index in [1.807, 2.05) is 61.6 Å². The van der Waals surface area contributed by atoms with Crippen LogP contribution in [-0.2, 0) is 53.5 Å². The number of anilines is 2. The Hall–Kier alpha value is -11.9. The molecule has 1 amide bonds. The molecule has 0 radical (unpaired) electrons. The Bertz CT molecular complexity index is 4980. The summed E-state index contributed by atoms with van der Waals surface area (Å²) in [5.74, 6) is -0.956. The maximum atomic E-state index is 12.4. The summed E-state index contributed by atoms with van der Waals surface area (Å²) in [6, 6.07) is 14.7. The van der Waals surface area contributed by atoms with Gasteiger partial charge in [0, 0.05) is 124 Å². The van der Waals surface area contributed by atoms with Gasteiger partial charge in [-0.2, -0.15) is 0 Å². The Morgan fingerprint density at radius 3 is 1.21 bits per heavy atom. The van der Waals surface area contributed by atoms with E-state index < -0.39 is 36.5 Å². The lowest BCUT2D eigenvalue weighted by Crippen LogP contribution is -2.39. The molecule has 35 nitrogen and oxygen atoms in total. The van der Waals surface area contributed by atoms with Crippen molar-refractivity contribution in [1.82, 2.24) is 79.3 Å². The Morgan fingerprint density at radius 1 is 0.560 bits per heavy atom. The molecule has 12 aromatic rings. The lowest BCUT2D eigenvalue weighted by molar-refractivity contribution is 0.0683. The minimum Gasteiger partial charge on any atom is -0.478 e. The van der Waals surface area contributed by atoms with Gasteiger partial charge < -0.3 is 57.8 Å². The minimum atomic E-state index is -1.28. The highest BCUT2D eigenvalue weighted by molar-refractivity contribution is 14.1. The second-order valence-corrected chi connectivity index (χ2v) is 21.4. The van der Waals surface area contributed by atoms with Gasteiger partial charge in [0.05, 0.1) is 124 Å². The number of nitrogens with two attached hydrogens (primary N) is 3. The van der Waals surface area contributed by atoms with Crippen LogP contribution in [0.1, 0.15) is 101 Å². The molecule has 39 heteroatoms. The molecule has 0 bridgehead atoms. The van der Waals surface area contributed by atoms with Gasteiger partial charge in [0.2, 0.25) is 0 Å². The molecule has 0 fully saturated rings. The number of carboxylic acid groups (broad SMARTS) is 2. The highest BCUT2D eigenvalue weighted by Crippen LogP contribution is 2.14. The van der Waals surface area contributed by atoms with Gasteiger partial charge in [-0.25, -0.2) is 28.4 Å². The number of aromatic carboxylic acids is 2. The van der Waals surface area contributed by atoms with Gasteiger partial charge in [0.1, 0.15) is 17.3 Å². The third kappa shape index (κ3) is 29.8. The van der Waals surface area contributed by atoms with Crippen molar-refractivity contribution in [3.05, 3.63) is 248 Å². The number of aromatic amines is 1. The average Bonchev–Trinajstić information content (AvgIpc) is 1.43. The van der Waals surface area contributed by atoms with Crippen LogP contribution in [0.25, 0.3) is 32.7 Å². The summed E-state index contributed by atoms with van der Waals surface area (Å²) >= 11 is 1.96. The number of primary amides is 1. The predicted octanol–water partition coefficient (Wildman–Crippen LogP) is 7.33. The van der Waals surface area contributed by atoms with Crippen molar-refractivity contribution in [2.75, 3.05) is 50.9 Å². The van der Waals surface area contributed by atoms with Crippen LogP contribution in [0.2, 0.25) is 0 Å². The number of pyridine rings is 6. The molecule has 0 aromatic carbocycles. The summed E-state index contributed by atoms with van der Waals surface area (Å²) in [4.78, 5) is 129. The maximum absolute atomic E-state index is 12.4. The van der Waals surface area contributed by atoms with Crippen molar-refractivity contribution in [2.24, 2.45) is 38.3 Å². The quantitative estimate of drug-likeness (QED) is 0.0337. The first-order chi connectivity index (χ1) is 52.2. The SMILES string of the molecule is CCCCc1cc(C)no1.CN.CN.CNc1cnccc1C(=O)O.CNc1cnccc1C(N)=O.Cc1cc(CCCn2c(=O)c3ccncc3n(C)c2=O)on1.Cc1cc(CCCn2c(=O)c3ccncc3n(C)c2=O)on1.Cl.Cn1c(=O)[nH]c(=O)c2ccncc21.N.O=C(O)c1ccncc1F.[2H]CF.[2H]CI. The van der Waals surface area contributed by atoms with Gasteiger partial charge >= 0.3 is 29.0 Å². The second kappa shape index (κ2) is 52.2. The van der Waals surface area contributed by atoms with E-state index in [1.165, 1.54) is 105 Å². The topological polar surface area (TPSA) is 527 Å². The molecule has 14 N–H and O–H groups in total. The zero-order chi connectivity index (χ0) is 81.7. The number of amides is 1. The summed E-state index contributed by atoms with van der Waals surface area (Å²) in [7, 11) is 10.2. The smallest absolute Gasteiger partial charge is 0.338 e. The lowest BCUT2D eigenvalue weighted by atomic mass is 10.2. The molecule has 0 atom stereocenters. The van der Waals surface area contributed by atoms with E-state index in [0.717, 1.165) is 53.0 Å². The zero-order valence-electron chi connectivity index (χ0n) is 63.9. The Balaban J connectivity index is 0.00000127. The number of H-pyrrole nitrogens is 1. The van der Waals surface area contributed by atoms with Gasteiger partial charge in [-0.3, -0.25) is 81.3 Å². The number of alkyl halides is 2. The van der Waals surface area contributed by atoms with Crippen LogP contribution in [0.15, 0.2) is 171 Å². The number of hydrogen-bond donors (Lipinski definition) is 9. The van der Waals surface area contributed by atoms with E-state index >= 15 is 0 Å². The van der Waals surface area contributed by atoms with Crippen LogP contribution < -0.4 is 67.7 Å². The molecule has 12 heterocycles. The number of nitrogens with zero attached hydrogens (tertiary/aromatic N) is 14. The fourth-order valence-corrected chi connectivity index (χ4v) is 9.21. The normalized spacial score (nSPS) is 9.87. The number of aryl methyl sites for hydroxylation is 9. The standard InChI is InChI=1S/2C15H16N4O3.C8H7N3O2.C8H13NO.C7H9N3O.C7H8N2O2.C6H4FNO2.CH3F.CH3I.2CH5N.ClH.H3N/c2*1-10-8-11(22-17-10)4-3-7-19-14(20)12-5-6-16-9-13(12)18(2)15(19)21;1-11-6-4-9-3-2-5(6)7(12)10-8(11)13;1-3-4-5-8-6-7(2)9-10-8;1-9-6-4-10-3-2-5(6)7(8)11;1-8-6-4-9-3-2-5(6)7(10)11;7-5-3-8-2-1-4(5)6(9)10;4*1-2;;/h2*5-6,8-9H,3-4,7H2,1-2H3;2-4H,1H3,(H,10,12,13);6H,3-5H2,1-2H3;2-4,9H,1H3,(H2,8,11);2-4,8H,1H3,(H,10,11);1-3H,(H,9,10);2*1H3;2*2H2,1H3;1H;1H3/i;;;;;;;2*1D;;;;. The molecule has 12 aromatic heterocycles. The first kappa shape index (κ1) is 93.2. The van der Waals surface area contributed by atoms with Crippen LogP contribution in [0.4, 0.5) is 20.2 Å². The first-order valence-corrected chi connectivity index (χ1v) is 33.6. The Morgan fingerprint density at radius 2 is 0.890 bits per heavy atom. The van der Waals surface area contributed by atoms with Gasteiger partial charge in [-0.05, 0) is 95.4 Å². The van der Waals surface area contributed by atoms with E-state index in [9.17, 15) is 51.9 Å². The number of aromatic nitrogens is 15. The van der Waals surface area contributed by atoms with Crippen LogP contribution in [0.3, 0.4) is 0 Å². The van der Waals surface area contributed by atoms with Crippen molar-refractivity contribution in [1.29, 1.82) is 0 Å². The third-order valence-electron chi connectivity index (χ3n) is 14.3. The number of carbonyl (C=O) groups is 3. The number of rotatable bonds is 16. The number of hydrogen-bond acceptors (Lipinski definition) is 26. The summed E-state index contributed by atoms with van der Waals surface area (Å²) in [5, 5.41) is 35.4. The molecule has 0 aliphatic rings. The Labute approximate surface area is 646 Å². The average molecular weight is 1660 g/mol. The monoisotopic (exact) mass is 1650 g/mol. The molecule has 0 aliphatic carbocycles. The fourth-order valence-electron chi connectivity index (χ4n) is 9.21. The number of halogens is 4. The van der Waals surface area contributed by atoms with E-state index in [0.29, 0.717) is 93.3 Å². The van der Waals surface area contributed by atoms with Crippen LogP contribution in [0, 0.1) is 26.6 Å². The van der Waals surface area contributed by atoms with Crippen LogP contribution in [-0.4, -0.2) is 142 Å². The molecule has 0 unspecified atom stereocenters. The number of carbonyl (C=O) groups excluding carboxylic acids is 1. The molecule has 590 valence electrons. The summed E-state index contributed by atoms with van der Waals surface area (Å²) in [6.45, 7) is 8.49. The van der Waals surface area contributed by atoms with Crippen molar-refractivity contribution < 1.29 is 49.7 Å². The van der Waals surface area contributed by atoms with Gasteiger partial charge in [0.25, 0.3) is 22.6 Å². The van der Waals surface area contributed by atoms with Gasteiger partial charge in [0.15, 0.2) is 5.82 Å². The van der Waals surface area contributed by atoms with Crippen molar-refractivity contribution in [2.45, 2.75) is 85.7 Å². The molecule has 0 aliphatic heterocycles. The van der Waals surface area contributed by atoms with Crippen molar-refractivity contribution in [3.63, 3.8) is 0 Å². The lowest BCUT2D eigenvalue weighted by Gasteiger charge is -2.09. The number of fused-ring (bicyclic) bond motifs is 3. The largest absolute Gasteiger partial charge is 0.478 e. The summed E-state index contributed by atoms with van der Waals surface area (Å²) in [5.41, 5.74) is 17.8. The highest BCUT2D eigenvalue weighted by atomic mass is 127. The predicted molar refractivity (Wildman–Crippen MR) is 423 cm³/mol. The van der Waals surface area contributed by atoms with Gasteiger partial charge in [-0.1, -0.05) is 51.4 Å². The first-order valence-electron chi connectivity index (χ1n) is 33.5. The fraction of sp³-hybridized carbons (Fsp3) is 0.314. The number of carboxylic acids is 2. The molecule has 0 saturated heterocycles. The minimum absolute atomic E-state index is 0. The molecule has 12 rings (SSSR count).